The van der Waals surface area contributed by atoms with Crippen molar-refractivity contribution in [3.63, 3.8) is 0 Å². The summed E-state index contributed by atoms with van der Waals surface area (Å²) < 4.78 is 2.49. The van der Waals surface area contributed by atoms with E-state index >= 15 is 0 Å². The Morgan fingerprint density at radius 3 is 3.00 bits per heavy atom. The molecule has 0 spiro atoms. The Balaban J connectivity index is 1.78. The molecule has 0 N–H and O–H groups in total. The molecule has 0 unspecified atom stereocenters. The zero-order valence-electron chi connectivity index (χ0n) is 10.4. The molecule has 0 amide bonds. The minimum absolute atomic E-state index is 1.21. The molecule has 0 atom stereocenters. The summed E-state index contributed by atoms with van der Waals surface area (Å²) in [6.45, 7) is 3.48. The summed E-state index contributed by atoms with van der Waals surface area (Å²) in [4.78, 5) is 0. The summed E-state index contributed by atoms with van der Waals surface area (Å²) >= 11 is 2.11. The zero-order chi connectivity index (χ0) is 11.2. The Morgan fingerprint density at radius 1 is 1.25 bits per heavy atom. The number of unbranched alkanes of at least 4 members (excludes halogenated alkanes) is 1. The van der Waals surface area contributed by atoms with Crippen molar-refractivity contribution in [3.05, 3.63) is 23.5 Å². The number of rotatable bonds is 6. The highest BCUT2D eigenvalue weighted by molar-refractivity contribution is 7.99. The van der Waals surface area contributed by atoms with E-state index in [9.17, 15) is 0 Å². The van der Waals surface area contributed by atoms with Crippen LogP contribution in [-0.4, -0.2) is 16.1 Å². The summed E-state index contributed by atoms with van der Waals surface area (Å²) in [5, 5.41) is 0. The van der Waals surface area contributed by atoms with Gasteiger partial charge >= 0.3 is 0 Å². The van der Waals surface area contributed by atoms with Gasteiger partial charge in [-0.25, -0.2) is 0 Å². The standard InChI is InChI=1S/C14H23NS/c1-2-3-11-16-12-10-15-9-8-13-6-4-5-7-14(13)15/h8-9H,2-7,10-12H2,1H3. The lowest BCUT2D eigenvalue weighted by molar-refractivity contribution is 0.624. The van der Waals surface area contributed by atoms with Crippen LogP contribution in [0.3, 0.4) is 0 Å². The van der Waals surface area contributed by atoms with Gasteiger partial charge in [0.25, 0.3) is 0 Å². The minimum atomic E-state index is 1.21. The van der Waals surface area contributed by atoms with E-state index in [0.29, 0.717) is 0 Å². The van der Waals surface area contributed by atoms with Crippen molar-refractivity contribution in [1.29, 1.82) is 0 Å². The van der Waals surface area contributed by atoms with E-state index in [0.717, 1.165) is 0 Å². The maximum atomic E-state index is 2.49. The van der Waals surface area contributed by atoms with Crippen LogP contribution in [0.15, 0.2) is 12.3 Å². The molecule has 1 nitrogen and oxygen atoms in total. The van der Waals surface area contributed by atoms with E-state index in [1.165, 1.54) is 56.6 Å². The van der Waals surface area contributed by atoms with Crippen LogP contribution in [0.2, 0.25) is 0 Å². The lowest BCUT2D eigenvalue weighted by atomic mass is 9.98. The quantitative estimate of drug-likeness (QED) is 0.679. The third-order valence-electron chi connectivity index (χ3n) is 3.40. The largest absolute Gasteiger partial charge is 0.350 e. The Hall–Kier alpha value is -0.370. The molecule has 0 saturated carbocycles. The average Bonchev–Trinajstić information content (AvgIpc) is 2.73. The first-order chi connectivity index (χ1) is 7.92. The number of aryl methyl sites for hydroxylation is 2. The molecule has 2 heteroatoms. The van der Waals surface area contributed by atoms with Crippen LogP contribution >= 0.6 is 11.8 Å². The Kier molecular flexibility index (Phi) is 4.83. The van der Waals surface area contributed by atoms with Gasteiger partial charge in [-0.3, -0.25) is 0 Å². The normalized spacial score (nSPS) is 15.1. The first-order valence-corrected chi connectivity index (χ1v) is 7.82. The topological polar surface area (TPSA) is 4.93 Å². The molecule has 0 radical (unpaired) electrons. The van der Waals surface area contributed by atoms with Crippen molar-refractivity contribution >= 4 is 11.8 Å². The molecule has 0 aliphatic heterocycles. The van der Waals surface area contributed by atoms with Crippen LogP contribution in [-0.2, 0) is 19.4 Å². The van der Waals surface area contributed by atoms with E-state index in [1.807, 2.05) is 0 Å². The molecule has 90 valence electrons. The van der Waals surface area contributed by atoms with Gasteiger partial charge in [-0.15, -0.1) is 0 Å². The summed E-state index contributed by atoms with van der Waals surface area (Å²) in [5.74, 6) is 2.61. The van der Waals surface area contributed by atoms with E-state index in [-0.39, 0.29) is 0 Å². The van der Waals surface area contributed by atoms with E-state index in [1.54, 1.807) is 11.3 Å². The van der Waals surface area contributed by atoms with Gasteiger partial charge in [0.2, 0.25) is 0 Å². The summed E-state index contributed by atoms with van der Waals surface area (Å²) in [7, 11) is 0. The second-order valence-electron chi connectivity index (χ2n) is 4.65. The highest BCUT2D eigenvalue weighted by Gasteiger charge is 2.12. The maximum absolute atomic E-state index is 2.49. The second kappa shape index (κ2) is 6.39. The lowest BCUT2D eigenvalue weighted by Gasteiger charge is -2.15. The number of nitrogens with zero attached hydrogens (tertiary/aromatic N) is 1. The van der Waals surface area contributed by atoms with E-state index in [4.69, 9.17) is 0 Å². The summed E-state index contributed by atoms with van der Waals surface area (Å²) in [5.41, 5.74) is 3.24. The van der Waals surface area contributed by atoms with Crippen LogP contribution < -0.4 is 0 Å². The van der Waals surface area contributed by atoms with Gasteiger partial charge in [0, 0.05) is 24.2 Å². The van der Waals surface area contributed by atoms with Crippen LogP contribution in [0.5, 0.6) is 0 Å². The zero-order valence-corrected chi connectivity index (χ0v) is 11.2. The van der Waals surface area contributed by atoms with Crippen LogP contribution in [0, 0.1) is 0 Å². The molecule has 2 rings (SSSR count). The number of hydrogen-bond acceptors (Lipinski definition) is 1. The van der Waals surface area contributed by atoms with Gasteiger partial charge in [0.05, 0.1) is 0 Å². The molecule has 1 aliphatic rings. The fraction of sp³-hybridized carbons (Fsp3) is 0.714. The second-order valence-corrected chi connectivity index (χ2v) is 5.88. The van der Waals surface area contributed by atoms with Crippen molar-refractivity contribution in [2.45, 2.75) is 52.0 Å². The number of hydrogen-bond donors (Lipinski definition) is 0. The van der Waals surface area contributed by atoms with Crippen molar-refractivity contribution in [2.24, 2.45) is 0 Å². The summed E-state index contributed by atoms with van der Waals surface area (Å²) in [6.07, 6.45) is 10.4. The first kappa shape index (κ1) is 12.1. The third-order valence-corrected chi connectivity index (χ3v) is 4.45. The Labute approximate surface area is 104 Å². The van der Waals surface area contributed by atoms with Gasteiger partial charge in [0.15, 0.2) is 0 Å². The SMILES string of the molecule is CCCCSCCn1ccc2c1CCCC2. The van der Waals surface area contributed by atoms with Crippen LogP contribution in [0.1, 0.15) is 43.9 Å². The maximum Gasteiger partial charge on any atom is 0.0313 e. The van der Waals surface area contributed by atoms with Crippen LogP contribution in [0.4, 0.5) is 0 Å². The van der Waals surface area contributed by atoms with Crippen molar-refractivity contribution in [1.82, 2.24) is 4.57 Å². The molecule has 0 fully saturated rings. The molecule has 16 heavy (non-hydrogen) atoms. The highest BCUT2D eigenvalue weighted by atomic mass is 32.2. The number of aromatic nitrogens is 1. The highest BCUT2D eigenvalue weighted by Crippen LogP contribution is 2.22. The third kappa shape index (κ3) is 3.07. The van der Waals surface area contributed by atoms with E-state index < -0.39 is 0 Å². The number of thioether (sulfide) groups is 1. The van der Waals surface area contributed by atoms with Crippen molar-refractivity contribution in [2.75, 3.05) is 11.5 Å². The number of fused-ring (bicyclic) bond motifs is 1. The lowest BCUT2D eigenvalue weighted by Crippen LogP contribution is -2.09. The molecule has 0 saturated heterocycles. The molecular formula is C14H23NS. The molecule has 1 aromatic rings. The predicted octanol–water partition coefficient (Wildman–Crippen LogP) is 3.90. The fourth-order valence-corrected chi connectivity index (χ4v) is 3.43. The molecule has 1 aromatic heterocycles. The van der Waals surface area contributed by atoms with Crippen molar-refractivity contribution < 1.29 is 0 Å². The molecule has 1 heterocycles. The van der Waals surface area contributed by atoms with Gasteiger partial charge < -0.3 is 4.57 Å². The Morgan fingerprint density at radius 2 is 2.12 bits per heavy atom. The van der Waals surface area contributed by atoms with Gasteiger partial charge in [-0.1, -0.05) is 13.3 Å². The molecular weight excluding hydrogens is 214 g/mol. The molecule has 0 bridgehead atoms. The monoisotopic (exact) mass is 237 g/mol. The van der Waals surface area contributed by atoms with E-state index in [2.05, 4.69) is 35.5 Å². The van der Waals surface area contributed by atoms with Gasteiger partial charge in [0.1, 0.15) is 0 Å². The molecule has 1 aliphatic carbocycles. The van der Waals surface area contributed by atoms with Gasteiger partial charge in [-0.2, -0.15) is 11.8 Å². The Bertz CT molecular complexity index is 317. The summed E-state index contributed by atoms with van der Waals surface area (Å²) in [6, 6.07) is 2.34. The smallest absolute Gasteiger partial charge is 0.0313 e. The molecule has 0 aromatic carbocycles. The average molecular weight is 237 g/mol. The predicted molar refractivity (Wildman–Crippen MR) is 73.3 cm³/mol. The first-order valence-electron chi connectivity index (χ1n) is 6.66. The van der Waals surface area contributed by atoms with Gasteiger partial charge in [-0.05, 0) is 49.5 Å². The fourth-order valence-electron chi connectivity index (χ4n) is 2.41. The van der Waals surface area contributed by atoms with Crippen molar-refractivity contribution in [3.8, 4) is 0 Å². The minimum Gasteiger partial charge on any atom is -0.350 e. The van der Waals surface area contributed by atoms with Crippen LogP contribution in [0.25, 0.3) is 0 Å².